The normalized spacial score (nSPS) is 12.9. The second-order valence-electron chi connectivity index (χ2n) is 3.98. The summed E-state index contributed by atoms with van der Waals surface area (Å²) >= 11 is 0. The van der Waals surface area contributed by atoms with E-state index in [4.69, 9.17) is 10.8 Å². The standard InChI is InChI=1S/C12H14N2O2/c1-6-4-3-5-8-9(10(13)12(15)16)7(2)14-11(6)8/h3-5,10,14H,13H2,1-2H3,(H,15,16). The molecule has 0 aliphatic carbocycles. The van der Waals surface area contributed by atoms with Crippen LogP contribution in [0.25, 0.3) is 10.9 Å². The SMILES string of the molecule is Cc1[nH]c2c(C)cccc2c1C(N)C(=O)O. The smallest absolute Gasteiger partial charge is 0.325 e. The number of benzene rings is 1. The summed E-state index contributed by atoms with van der Waals surface area (Å²) in [5.74, 6) is -1.01. The molecule has 0 saturated carbocycles. The molecule has 0 radical (unpaired) electrons. The molecule has 0 fully saturated rings. The van der Waals surface area contributed by atoms with Gasteiger partial charge in [0.15, 0.2) is 0 Å². The average molecular weight is 218 g/mol. The molecule has 4 nitrogen and oxygen atoms in total. The summed E-state index contributed by atoms with van der Waals surface area (Å²) in [4.78, 5) is 14.1. The molecule has 84 valence electrons. The van der Waals surface area contributed by atoms with Gasteiger partial charge in [0, 0.05) is 22.2 Å². The second-order valence-corrected chi connectivity index (χ2v) is 3.98. The van der Waals surface area contributed by atoms with Crippen molar-refractivity contribution in [2.75, 3.05) is 0 Å². The van der Waals surface area contributed by atoms with E-state index in [0.29, 0.717) is 5.56 Å². The molecular formula is C12H14N2O2. The van der Waals surface area contributed by atoms with Crippen LogP contribution < -0.4 is 5.73 Å². The Morgan fingerprint density at radius 1 is 1.44 bits per heavy atom. The number of nitrogens with one attached hydrogen (secondary N) is 1. The first kappa shape index (κ1) is 10.7. The number of aryl methyl sites for hydroxylation is 2. The summed E-state index contributed by atoms with van der Waals surface area (Å²) in [6.45, 7) is 3.83. The van der Waals surface area contributed by atoms with Gasteiger partial charge in [-0.1, -0.05) is 18.2 Å². The Morgan fingerprint density at radius 2 is 2.12 bits per heavy atom. The Morgan fingerprint density at radius 3 is 2.75 bits per heavy atom. The summed E-state index contributed by atoms with van der Waals surface area (Å²) < 4.78 is 0. The number of carboxylic acids is 1. The van der Waals surface area contributed by atoms with Crippen LogP contribution in [0.15, 0.2) is 18.2 Å². The summed E-state index contributed by atoms with van der Waals surface area (Å²) in [5.41, 5.74) is 9.22. The van der Waals surface area contributed by atoms with Crippen molar-refractivity contribution in [3.05, 3.63) is 35.0 Å². The number of rotatable bonds is 2. The highest BCUT2D eigenvalue weighted by molar-refractivity contribution is 5.91. The maximum atomic E-state index is 10.9. The van der Waals surface area contributed by atoms with Crippen LogP contribution in [-0.2, 0) is 4.79 Å². The second kappa shape index (κ2) is 3.64. The zero-order chi connectivity index (χ0) is 11.9. The number of aliphatic carboxylic acids is 1. The monoisotopic (exact) mass is 218 g/mol. The van der Waals surface area contributed by atoms with Crippen LogP contribution in [-0.4, -0.2) is 16.1 Å². The van der Waals surface area contributed by atoms with Gasteiger partial charge >= 0.3 is 5.97 Å². The highest BCUT2D eigenvalue weighted by Gasteiger charge is 2.21. The van der Waals surface area contributed by atoms with Crippen LogP contribution in [0.2, 0.25) is 0 Å². The van der Waals surface area contributed by atoms with Gasteiger partial charge in [0.05, 0.1) is 0 Å². The Bertz CT molecular complexity index is 557. The molecule has 1 aromatic heterocycles. The summed E-state index contributed by atoms with van der Waals surface area (Å²) in [6, 6.07) is 4.80. The van der Waals surface area contributed by atoms with Gasteiger partial charge in [-0.2, -0.15) is 0 Å². The van der Waals surface area contributed by atoms with Crippen LogP contribution in [0.5, 0.6) is 0 Å². The average Bonchev–Trinajstić information content (AvgIpc) is 2.55. The first-order valence-electron chi connectivity index (χ1n) is 5.08. The van der Waals surface area contributed by atoms with Crippen molar-refractivity contribution >= 4 is 16.9 Å². The van der Waals surface area contributed by atoms with Gasteiger partial charge in [-0.3, -0.25) is 4.79 Å². The summed E-state index contributed by atoms with van der Waals surface area (Å²) in [7, 11) is 0. The first-order chi connectivity index (χ1) is 7.52. The molecule has 0 bridgehead atoms. The molecule has 2 aromatic rings. The highest BCUT2D eigenvalue weighted by Crippen LogP contribution is 2.28. The fourth-order valence-corrected chi connectivity index (χ4v) is 2.04. The number of fused-ring (bicyclic) bond motifs is 1. The number of carbonyl (C=O) groups is 1. The van der Waals surface area contributed by atoms with E-state index in [0.717, 1.165) is 22.2 Å². The molecule has 1 atom stereocenters. The van der Waals surface area contributed by atoms with E-state index in [2.05, 4.69) is 4.98 Å². The third-order valence-electron chi connectivity index (χ3n) is 2.86. The fraction of sp³-hybridized carbons (Fsp3) is 0.250. The van der Waals surface area contributed by atoms with Crippen molar-refractivity contribution in [3.8, 4) is 0 Å². The summed E-state index contributed by atoms with van der Waals surface area (Å²) in [6.07, 6.45) is 0. The van der Waals surface area contributed by atoms with Crippen LogP contribution in [0, 0.1) is 13.8 Å². The van der Waals surface area contributed by atoms with Gasteiger partial charge in [0.2, 0.25) is 0 Å². The van der Waals surface area contributed by atoms with Gasteiger partial charge < -0.3 is 15.8 Å². The lowest BCUT2D eigenvalue weighted by Crippen LogP contribution is -2.21. The van der Waals surface area contributed by atoms with Crippen molar-refractivity contribution in [1.82, 2.24) is 4.98 Å². The quantitative estimate of drug-likeness (QED) is 0.720. The van der Waals surface area contributed by atoms with E-state index in [1.807, 2.05) is 32.0 Å². The topological polar surface area (TPSA) is 79.1 Å². The zero-order valence-electron chi connectivity index (χ0n) is 9.24. The maximum Gasteiger partial charge on any atom is 0.325 e. The minimum Gasteiger partial charge on any atom is -0.480 e. The molecule has 16 heavy (non-hydrogen) atoms. The van der Waals surface area contributed by atoms with E-state index in [1.54, 1.807) is 0 Å². The number of nitrogens with two attached hydrogens (primary N) is 1. The number of para-hydroxylation sites is 1. The van der Waals surface area contributed by atoms with Crippen molar-refractivity contribution in [3.63, 3.8) is 0 Å². The van der Waals surface area contributed by atoms with E-state index in [-0.39, 0.29) is 0 Å². The van der Waals surface area contributed by atoms with Crippen LogP contribution in [0.3, 0.4) is 0 Å². The molecular weight excluding hydrogens is 204 g/mol. The minimum absolute atomic E-state index is 0.672. The Hall–Kier alpha value is -1.81. The lowest BCUT2D eigenvalue weighted by molar-refractivity contribution is -0.138. The third-order valence-corrected chi connectivity index (χ3v) is 2.86. The van der Waals surface area contributed by atoms with E-state index >= 15 is 0 Å². The largest absolute Gasteiger partial charge is 0.480 e. The molecule has 0 aliphatic heterocycles. The van der Waals surface area contributed by atoms with Gasteiger partial charge in [0.1, 0.15) is 6.04 Å². The van der Waals surface area contributed by atoms with Crippen LogP contribution >= 0.6 is 0 Å². The highest BCUT2D eigenvalue weighted by atomic mass is 16.4. The molecule has 4 heteroatoms. The number of carboxylic acid groups (broad SMARTS) is 1. The van der Waals surface area contributed by atoms with Crippen LogP contribution in [0.4, 0.5) is 0 Å². The first-order valence-corrected chi connectivity index (χ1v) is 5.08. The molecule has 1 heterocycles. The Balaban J connectivity index is 2.74. The Labute approximate surface area is 93.1 Å². The minimum atomic E-state index is -1.01. The van der Waals surface area contributed by atoms with E-state index in [1.165, 1.54) is 0 Å². The lowest BCUT2D eigenvalue weighted by atomic mass is 10.0. The summed E-state index contributed by atoms with van der Waals surface area (Å²) in [5, 5.41) is 9.86. The number of H-pyrrole nitrogens is 1. The molecule has 1 unspecified atom stereocenters. The van der Waals surface area contributed by atoms with E-state index in [9.17, 15) is 4.79 Å². The molecule has 1 aromatic carbocycles. The molecule has 4 N–H and O–H groups in total. The number of aromatic nitrogens is 1. The van der Waals surface area contributed by atoms with Crippen molar-refractivity contribution in [2.45, 2.75) is 19.9 Å². The van der Waals surface area contributed by atoms with Gasteiger partial charge in [0.25, 0.3) is 0 Å². The molecule has 0 aliphatic rings. The van der Waals surface area contributed by atoms with Crippen molar-refractivity contribution in [1.29, 1.82) is 0 Å². The maximum absolute atomic E-state index is 10.9. The molecule has 0 amide bonds. The number of hydrogen-bond acceptors (Lipinski definition) is 2. The third kappa shape index (κ3) is 1.47. The predicted octanol–water partition coefficient (Wildman–Crippen LogP) is 1.87. The van der Waals surface area contributed by atoms with Crippen molar-refractivity contribution < 1.29 is 9.90 Å². The van der Waals surface area contributed by atoms with Gasteiger partial charge in [-0.05, 0) is 19.4 Å². The molecule has 0 spiro atoms. The molecule has 0 saturated heterocycles. The predicted molar refractivity (Wildman–Crippen MR) is 62.3 cm³/mol. The van der Waals surface area contributed by atoms with Crippen LogP contribution in [0.1, 0.15) is 22.9 Å². The number of aromatic amines is 1. The van der Waals surface area contributed by atoms with Gasteiger partial charge in [-0.15, -0.1) is 0 Å². The Kier molecular flexibility index (Phi) is 2.44. The number of hydrogen-bond donors (Lipinski definition) is 3. The lowest BCUT2D eigenvalue weighted by Gasteiger charge is -2.06. The molecule has 2 rings (SSSR count). The zero-order valence-corrected chi connectivity index (χ0v) is 9.24. The van der Waals surface area contributed by atoms with Gasteiger partial charge in [-0.25, -0.2) is 0 Å². The van der Waals surface area contributed by atoms with Crippen molar-refractivity contribution in [2.24, 2.45) is 5.73 Å². The fourth-order valence-electron chi connectivity index (χ4n) is 2.04. The van der Waals surface area contributed by atoms with E-state index < -0.39 is 12.0 Å².